The molecule has 0 aliphatic carbocycles. The molecule has 0 aliphatic heterocycles. The number of nitrogens with one attached hydrogen (secondary N) is 2. The van der Waals surface area contributed by atoms with Crippen LogP contribution in [0.15, 0.2) is 24.3 Å². The Labute approximate surface area is 191 Å². The lowest BCUT2D eigenvalue weighted by Crippen LogP contribution is -2.49. The first-order valence-electron chi connectivity index (χ1n) is 9.30. The molecule has 0 saturated heterocycles. The highest BCUT2D eigenvalue weighted by molar-refractivity contribution is 8.13. The van der Waals surface area contributed by atoms with E-state index in [1.165, 1.54) is 24.3 Å². The van der Waals surface area contributed by atoms with Gasteiger partial charge in [0.25, 0.3) is 5.69 Å². The van der Waals surface area contributed by atoms with Crippen LogP contribution in [0, 0.1) is 10.1 Å². The number of ether oxygens (including phenoxy) is 1. The summed E-state index contributed by atoms with van der Waals surface area (Å²) >= 11 is 0.479. The van der Waals surface area contributed by atoms with Gasteiger partial charge < -0.3 is 31.3 Å². The average molecular weight is 486 g/mol. The summed E-state index contributed by atoms with van der Waals surface area (Å²) in [5.41, 5.74) is 5.22. The molecule has 1 aromatic rings. The third-order valence-electron chi connectivity index (χ3n) is 3.97. The molecule has 6 N–H and O–H groups in total. The van der Waals surface area contributed by atoms with Crippen molar-refractivity contribution < 1.29 is 43.8 Å². The number of carboxylic acids is 2. The number of hydrogen-bond acceptors (Lipinski definition) is 10. The molecule has 2 unspecified atom stereocenters. The number of para-hydroxylation sites is 1. The number of nitrogens with zero attached hydrogens (tertiary/aromatic N) is 1. The number of carbonyl (C=O) groups is 5. The summed E-state index contributed by atoms with van der Waals surface area (Å²) in [4.78, 5) is 68.0. The van der Waals surface area contributed by atoms with Crippen LogP contribution in [0.4, 0.5) is 10.5 Å². The van der Waals surface area contributed by atoms with E-state index in [0.717, 1.165) is 0 Å². The van der Waals surface area contributed by atoms with E-state index in [1.807, 2.05) is 0 Å². The zero-order chi connectivity index (χ0) is 25.0. The number of nitrogens with two attached hydrogens (primary N) is 1. The Hall–Kier alpha value is -3.72. The highest BCUT2D eigenvalue weighted by atomic mass is 32.2. The van der Waals surface area contributed by atoms with Crippen molar-refractivity contribution in [2.24, 2.45) is 5.73 Å². The van der Waals surface area contributed by atoms with E-state index in [-0.39, 0.29) is 29.8 Å². The summed E-state index contributed by atoms with van der Waals surface area (Å²) in [5.74, 6) is -4.63. The normalized spacial score (nSPS) is 12.2. The first-order valence-corrected chi connectivity index (χ1v) is 10.3. The van der Waals surface area contributed by atoms with Crippen LogP contribution in [-0.4, -0.2) is 68.6 Å². The van der Waals surface area contributed by atoms with E-state index < -0.39 is 59.2 Å². The molecule has 33 heavy (non-hydrogen) atoms. The summed E-state index contributed by atoms with van der Waals surface area (Å²) in [6.45, 7) is -1.14. The van der Waals surface area contributed by atoms with Gasteiger partial charge in [-0.15, -0.1) is 0 Å². The SMILES string of the molecule is NC(CCC(=O)NC(CSC(=O)OCc1ccccc1[N+](=O)[O-])C(=O)NCC(=O)O)C(=O)O. The van der Waals surface area contributed by atoms with Gasteiger partial charge in [-0.25, -0.2) is 4.79 Å². The van der Waals surface area contributed by atoms with Crippen molar-refractivity contribution in [1.82, 2.24) is 10.6 Å². The van der Waals surface area contributed by atoms with Crippen molar-refractivity contribution in [3.63, 3.8) is 0 Å². The molecule has 0 fully saturated rings. The van der Waals surface area contributed by atoms with Gasteiger partial charge in [-0.05, 0) is 24.2 Å². The van der Waals surface area contributed by atoms with Crippen LogP contribution in [-0.2, 0) is 30.5 Å². The van der Waals surface area contributed by atoms with E-state index in [1.54, 1.807) is 0 Å². The van der Waals surface area contributed by atoms with Crippen molar-refractivity contribution in [2.75, 3.05) is 12.3 Å². The number of rotatable bonds is 13. The molecule has 15 heteroatoms. The number of thioether (sulfide) groups is 1. The number of nitro benzene ring substituents is 1. The van der Waals surface area contributed by atoms with Crippen LogP contribution in [0.3, 0.4) is 0 Å². The lowest BCUT2D eigenvalue weighted by atomic mass is 10.1. The molecule has 0 aromatic heterocycles. The smallest absolute Gasteiger partial charge is 0.367 e. The van der Waals surface area contributed by atoms with Crippen molar-refractivity contribution in [1.29, 1.82) is 0 Å². The minimum atomic E-state index is -1.35. The van der Waals surface area contributed by atoms with Gasteiger partial charge in [0.2, 0.25) is 11.8 Å². The van der Waals surface area contributed by atoms with Crippen molar-refractivity contribution in [3.05, 3.63) is 39.9 Å². The quantitative estimate of drug-likeness (QED) is 0.139. The van der Waals surface area contributed by atoms with Crippen molar-refractivity contribution >= 4 is 46.5 Å². The Morgan fingerprint density at radius 3 is 2.45 bits per heavy atom. The lowest BCUT2D eigenvalue weighted by molar-refractivity contribution is -0.385. The van der Waals surface area contributed by atoms with Gasteiger partial charge in [0.05, 0.1) is 10.5 Å². The lowest BCUT2D eigenvalue weighted by Gasteiger charge is -2.17. The molecule has 0 bridgehead atoms. The molecule has 0 aliphatic rings. The fraction of sp³-hybridized carbons (Fsp3) is 0.389. The van der Waals surface area contributed by atoms with Gasteiger partial charge in [-0.3, -0.25) is 29.3 Å². The Bertz CT molecular complexity index is 910. The fourth-order valence-corrected chi connectivity index (χ4v) is 2.97. The van der Waals surface area contributed by atoms with Crippen LogP contribution in [0.5, 0.6) is 0 Å². The van der Waals surface area contributed by atoms with Gasteiger partial charge in [-0.1, -0.05) is 12.1 Å². The second-order valence-electron chi connectivity index (χ2n) is 6.45. The third-order valence-corrected chi connectivity index (χ3v) is 4.82. The number of carbonyl (C=O) groups excluding carboxylic acids is 3. The van der Waals surface area contributed by atoms with E-state index in [2.05, 4.69) is 10.6 Å². The second-order valence-corrected chi connectivity index (χ2v) is 7.41. The summed E-state index contributed by atoms with van der Waals surface area (Å²) in [7, 11) is 0. The molecule has 14 nitrogen and oxygen atoms in total. The third kappa shape index (κ3) is 10.4. The van der Waals surface area contributed by atoms with E-state index >= 15 is 0 Å². The highest BCUT2D eigenvalue weighted by Crippen LogP contribution is 2.20. The minimum Gasteiger partial charge on any atom is -0.480 e. The summed E-state index contributed by atoms with van der Waals surface area (Å²) < 4.78 is 4.96. The molecule has 1 rings (SSSR count). The molecule has 0 spiro atoms. The summed E-state index contributed by atoms with van der Waals surface area (Å²) in [6.07, 6.45) is -0.543. The fourth-order valence-electron chi connectivity index (χ4n) is 2.29. The summed E-state index contributed by atoms with van der Waals surface area (Å²) in [5, 5.41) is 31.9. The standard InChI is InChI=1S/C18H22N4O10S/c19-11(17(27)28)5-6-14(23)21-12(16(26)20-7-15(24)25)9-33-18(29)32-8-10-3-1-2-4-13(10)22(30)31/h1-4,11-12H,5-9,19H2,(H,20,26)(H,21,23)(H,24,25)(H,27,28). The first kappa shape index (κ1) is 27.3. The molecule has 0 heterocycles. The number of benzene rings is 1. The molecule has 180 valence electrons. The maximum absolute atomic E-state index is 12.2. The van der Waals surface area contributed by atoms with Gasteiger partial charge >= 0.3 is 17.2 Å². The topological polar surface area (TPSA) is 228 Å². The van der Waals surface area contributed by atoms with Gasteiger partial charge in [0, 0.05) is 18.2 Å². The second kappa shape index (κ2) is 13.6. The average Bonchev–Trinajstić information content (AvgIpc) is 2.76. The molecular formula is C18H22N4O10S. The number of aliphatic carboxylic acids is 2. The number of carboxylic acid groups (broad SMARTS) is 2. The molecule has 1 aromatic carbocycles. The Balaban J connectivity index is 2.68. The highest BCUT2D eigenvalue weighted by Gasteiger charge is 2.24. The van der Waals surface area contributed by atoms with Gasteiger partial charge in [0.15, 0.2) is 0 Å². The van der Waals surface area contributed by atoms with Crippen LogP contribution in [0.2, 0.25) is 0 Å². The van der Waals surface area contributed by atoms with Crippen molar-refractivity contribution in [3.8, 4) is 0 Å². The zero-order valence-corrected chi connectivity index (χ0v) is 17.9. The largest absolute Gasteiger partial charge is 0.480 e. The number of nitro groups is 1. The van der Waals surface area contributed by atoms with Crippen LogP contribution in [0.1, 0.15) is 18.4 Å². The zero-order valence-electron chi connectivity index (χ0n) is 17.1. The molecule has 0 radical (unpaired) electrons. The Kier molecular flexibility index (Phi) is 11.3. The van der Waals surface area contributed by atoms with Crippen LogP contribution in [0.25, 0.3) is 0 Å². The van der Waals surface area contributed by atoms with Crippen LogP contribution < -0.4 is 16.4 Å². The summed E-state index contributed by atoms with van der Waals surface area (Å²) in [6, 6.07) is 2.98. The number of amides is 2. The molecular weight excluding hydrogens is 464 g/mol. The van der Waals surface area contributed by atoms with E-state index in [4.69, 9.17) is 20.7 Å². The first-order chi connectivity index (χ1) is 15.5. The minimum absolute atomic E-state index is 0.148. The van der Waals surface area contributed by atoms with Crippen molar-refractivity contribution in [2.45, 2.75) is 31.5 Å². The molecule has 2 amide bonds. The van der Waals surface area contributed by atoms with E-state index in [0.29, 0.717) is 11.8 Å². The molecule has 2 atom stereocenters. The van der Waals surface area contributed by atoms with Gasteiger partial charge in [-0.2, -0.15) is 0 Å². The maximum Gasteiger partial charge on any atom is 0.367 e. The number of hydrogen-bond donors (Lipinski definition) is 5. The maximum atomic E-state index is 12.2. The molecule has 0 saturated carbocycles. The Morgan fingerprint density at radius 1 is 1.18 bits per heavy atom. The predicted octanol–water partition coefficient (Wildman–Crippen LogP) is -0.158. The monoisotopic (exact) mass is 486 g/mol. The van der Waals surface area contributed by atoms with E-state index in [9.17, 15) is 34.1 Å². The van der Waals surface area contributed by atoms with Crippen LogP contribution >= 0.6 is 11.8 Å². The Morgan fingerprint density at radius 2 is 1.85 bits per heavy atom. The predicted molar refractivity (Wildman–Crippen MR) is 113 cm³/mol. The van der Waals surface area contributed by atoms with Gasteiger partial charge in [0.1, 0.15) is 25.2 Å².